The SMILES string of the molecule is COc1ccccc1O[C@H](C)C(=O)NCCSc1ccc(C)cc1. The van der Waals surface area contributed by atoms with Gasteiger partial charge in [0.2, 0.25) is 0 Å². The van der Waals surface area contributed by atoms with Crippen molar-refractivity contribution in [2.75, 3.05) is 19.4 Å². The quantitative estimate of drug-likeness (QED) is 0.586. The van der Waals surface area contributed by atoms with Crippen molar-refractivity contribution >= 4 is 17.7 Å². The van der Waals surface area contributed by atoms with Crippen LogP contribution in [-0.2, 0) is 4.79 Å². The van der Waals surface area contributed by atoms with E-state index in [1.165, 1.54) is 10.5 Å². The van der Waals surface area contributed by atoms with Crippen molar-refractivity contribution in [3.63, 3.8) is 0 Å². The lowest BCUT2D eigenvalue weighted by atomic mass is 10.2. The van der Waals surface area contributed by atoms with E-state index < -0.39 is 6.10 Å². The Morgan fingerprint density at radius 2 is 1.79 bits per heavy atom. The number of nitrogens with one attached hydrogen (secondary N) is 1. The van der Waals surface area contributed by atoms with E-state index in [-0.39, 0.29) is 5.91 Å². The van der Waals surface area contributed by atoms with Crippen LogP contribution in [0.15, 0.2) is 53.4 Å². The number of carbonyl (C=O) groups is 1. The van der Waals surface area contributed by atoms with Crippen LogP contribution < -0.4 is 14.8 Å². The highest BCUT2D eigenvalue weighted by atomic mass is 32.2. The molecule has 0 fully saturated rings. The fourth-order valence-electron chi connectivity index (χ4n) is 2.08. The van der Waals surface area contributed by atoms with Crippen molar-refractivity contribution in [1.82, 2.24) is 5.32 Å². The Hall–Kier alpha value is -2.14. The smallest absolute Gasteiger partial charge is 0.260 e. The molecular formula is C19H23NO3S. The predicted molar refractivity (Wildman–Crippen MR) is 98.0 cm³/mol. The van der Waals surface area contributed by atoms with Crippen LogP contribution >= 0.6 is 11.8 Å². The molecule has 128 valence electrons. The van der Waals surface area contributed by atoms with Crippen LogP contribution in [0, 0.1) is 6.92 Å². The lowest BCUT2D eigenvalue weighted by Crippen LogP contribution is -2.37. The molecule has 0 unspecified atom stereocenters. The molecule has 1 amide bonds. The highest BCUT2D eigenvalue weighted by Crippen LogP contribution is 2.26. The van der Waals surface area contributed by atoms with Gasteiger partial charge in [-0.2, -0.15) is 0 Å². The van der Waals surface area contributed by atoms with Gasteiger partial charge in [-0.25, -0.2) is 0 Å². The van der Waals surface area contributed by atoms with Gasteiger partial charge in [-0.15, -0.1) is 11.8 Å². The Morgan fingerprint density at radius 1 is 1.12 bits per heavy atom. The second kappa shape index (κ2) is 9.23. The molecule has 1 N–H and O–H groups in total. The zero-order chi connectivity index (χ0) is 17.4. The van der Waals surface area contributed by atoms with Crippen LogP contribution in [0.4, 0.5) is 0 Å². The Morgan fingerprint density at radius 3 is 2.46 bits per heavy atom. The number of rotatable bonds is 8. The summed E-state index contributed by atoms with van der Waals surface area (Å²) in [5, 5.41) is 2.90. The fourth-order valence-corrected chi connectivity index (χ4v) is 2.85. The minimum absolute atomic E-state index is 0.134. The summed E-state index contributed by atoms with van der Waals surface area (Å²) in [5.74, 6) is 1.87. The molecule has 2 rings (SSSR count). The van der Waals surface area contributed by atoms with E-state index >= 15 is 0 Å². The summed E-state index contributed by atoms with van der Waals surface area (Å²) in [6.07, 6.45) is -0.578. The number of methoxy groups -OCH3 is 1. The summed E-state index contributed by atoms with van der Waals surface area (Å²) >= 11 is 1.72. The molecule has 0 aliphatic carbocycles. The third kappa shape index (κ3) is 5.49. The van der Waals surface area contributed by atoms with E-state index in [1.54, 1.807) is 37.9 Å². The van der Waals surface area contributed by atoms with E-state index in [2.05, 4.69) is 36.5 Å². The van der Waals surface area contributed by atoms with Crippen molar-refractivity contribution in [1.29, 1.82) is 0 Å². The maximum absolute atomic E-state index is 12.1. The molecule has 0 heterocycles. The number of aryl methyl sites for hydroxylation is 1. The highest BCUT2D eigenvalue weighted by Gasteiger charge is 2.16. The lowest BCUT2D eigenvalue weighted by Gasteiger charge is -2.16. The zero-order valence-electron chi connectivity index (χ0n) is 14.2. The van der Waals surface area contributed by atoms with Gasteiger partial charge in [0, 0.05) is 17.2 Å². The van der Waals surface area contributed by atoms with Gasteiger partial charge in [0.1, 0.15) is 0 Å². The minimum Gasteiger partial charge on any atom is -0.493 e. The second-order valence-corrected chi connectivity index (χ2v) is 6.53. The Kier molecular flexibility index (Phi) is 7.00. The summed E-state index contributed by atoms with van der Waals surface area (Å²) in [4.78, 5) is 13.3. The van der Waals surface area contributed by atoms with Crippen molar-refractivity contribution in [2.45, 2.75) is 24.8 Å². The molecule has 0 saturated heterocycles. The molecule has 1 atom stereocenters. The highest BCUT2D eigenvalue weighted by molar-refractivity contribution is 7.99. The number of thioether (sulfide) groups is 1. The summed E-state index contributed by atoms with van der Waals surface area (Å²) < 4.78 is 10.9. The topological polar surface area (TPSA) is 47.6 Å². The first-order valence-corrected chi connectivity index (χ1v) is 8.85. The van der Waals surface area contributed by atoms with Crippen LogP contribution in [0.5, 0.6) is 11.5 Å². The number of carbonyl (C=O) groups excluding carboxylic acids is 1. The fraction of sp³-hybridized carbons (Fsp3) is 0.316. The van der Waals surface area contributed by atoms with E-state index in [4.69, 9.17) is 9.47 Å². The molecule has 2 aromatic carbocycles. The number of amides is 1. The largest absolute Gasteiger partial charge is 0.493 e. The second-order valence-electron chi connectivity index (χ2n) is 5.36. The summed E-state index contributed by atoms with van der Waals surface area (Å²) in [5.41, 5.74) is 1.25. The van der Waals surface area contributed by atoms with Gasteiger partial charge >= 0.3 is 0 Å². The third-order valence-electron chi connectivity index (χ3n) is 3.43. The number of para-hydroxylation sites is 2. The van der Waals surface area contributed by atoms with Gasteiger partial charge < -0.3 is 14.8 Å². The number of ether oxygens (including phenoxy) is 2. The maximum atomic E-state index is 12.1. The van der Waals surface area contributed by atoms with Crippen molar-refractivity contribution in [3.05, 3.63) is 54.1 Å². The first kappa shape index (κ1) is 18.2. The monoisotopic (exact) mass is 345 g/mol. The average Bonchev–Trinajstić information content (AvgIpc) is 2.60. The van der Waals surface area contributed by atoms with Crippen LogP contribution in [0.3, 0.4) is 0 Å². The first-order valence-electron chi connectivity index (χ1n) is 7.87. The van der Waals surface area contributed by atoms with Crippen LogP contribution in [0.2, 0.25) is 0 Å². The van der Waals surface area contributed by atoms with Crippen LogP contribution in [-0.4, -0.2) is 31.4 Å². The van der Waals surface area contributed by atoms with Crippen molar-refractivity contribution < 1.29 is 14.3 Å². The Balaban J connectivity index is 1.74. The zero-order valence-corrected chi connectivity index (χ0v) is 15.1. The molecule has 0 aliphatic heterocycles. The third-order valence-corrected chi connectivity index (χ3v) is 4.45. The first-order chi connectivity index (χ1) is 11.6. The van der Waals surface area contributed by atoms with E-state index in [9.17, 15) is 4.79 Å². The molecule has 2 aromatic rings. The summed E-state index contributed by atoms with van der Waals surface area (Å²) in [6.45, 7) is 4.39. The van der Waals surface area contributed by atoms with Gasteiger partial charge in [-0.3, -0.25) is 4.79 Å². The lowest BCUT2D eigenvalue weighted by molar-refractivity contribution is -0.127. The molecule has 0 aromatic heterocycles. The van der Waals surface area contributed by atoms with Gasteiger partial charge in [0.25, 0.3) is 5.91 Å². The van der Waals surface area contributed by atoms with Gasteiger partial charge in [-0.05, 0) is 38.1 Å². The van der Waals surface area contributed by atoms with E-state index in [1.807, 2.05) is 12.1 Å². The normalized spacial score (nSPS) is 11.6. The molecule has 0 saturated carbocycles. The molecule has 5 heteroatoms. The maximum Gasteiger partial charge on any atom is 0.260 e. The molecule has 0 aliphatic rings. The van der Waals surface area contributed by atoms with Gasteiger partial charge in [0.15, 0.2) is 17.6 Å². The van der Waals surface area contributed by atoms with Crippen molar-refractivity contribution in [3.8, 4) is 11.5 Å². The summed E-state index contributed by atoms with van der Waals surface area (Å²) in [6, 6.07) is 15.7. The molecule has 4 nitrogen and oxygen atoms in total. The summed E-state index contributed by atoms with van der Waals surface area (Å²) in [7, 11) is 1.58. The van der Waals surface area contributed by atoms with Gasteiger partial charge in [0.05, 0.1) is 7.11 Å². The average molecular weight is 345 g/mol. The molecule has 0 spiro atoms. The molecule has 24 heavy (non-hydrogen) atoms. The number of benzene rings is 2. The molecule has 0 bridgehead atoms. The Labute approximate surface area is 147 Å². The standard InChI is InChI=1S/C19H23NO3S/c1-14-8-10-16(11-9-14)24-13-12-20-19(21)15(2)23-18-7-5-4-6-17(18)22-3/h4-11,15H,12-13H2,1-3H3,(H,20,21)/t15-/m1/s1. The van der Waals surface area contributed by atoms with Crippen LogP contribution in [0.1, 0.15) is 12.5 Å². The number of hydrogen-bond donors (Lipinski definition) is 1. The van der Waals surface area contributed by atoms with Crippen LogP contribution in [0.25, 0.3) is 0 Å². The Bertz CT molecular complexity index is 658. The van der Waals surface area contributed by atoms with E-state index in [0.29, 0.717) is 18.0 Å². The molecular weight excluding hydrogens is 322 g/mol. The minimum atomic E-state index is -0.578. The number of hydrogen-bond acceptors (Lipinski definition) is 4. The van der Waals surface area contributed by atoms with Crippen molar-refractivity contribution in [2.24, 2.45) is 0 Å². The predicted octanol–water partition coefficient (Wildman–Crippen LogP) is 3.68. The molecule has 0 radical (unpaired) electrons. The van der Waals surface area contributed by atoms with E-state index in [0.717, 1.165) is 5.75 Å². The van der Waals surface area contributed by atoms with Gasteiger partial charge in [-0.1, -0.05) is 29.8 Å².